The number of nitrogens with one attached hydrogen (secondary N) is 1. The number of halogens is 3. The highest BCUT2D eigenvalue weighted by Gasteiger charge is 2.30. The van der Waals surface area contributed by atoms with Crippen molar-refractivity contribution in [2.24, 2.45) is 0 Å². The Labute approximate surface area is 148 Å². The van der Waals surface area contributed by atoms with Crippen LogP contribution in [0.1, 0.15) is 28.4 Å². The predicted octanol–water partition coefficient (Wildman–Crippen LogP) is 3.61. The van der Waals surface area contributed by atoms with Crippen LogP contribution in [0.15, 0.2) is 42.5 Å². The Hall–Kier alpha value is -2.74. The van der Waals surface area contributed by atoms with Gasteiger partial charge >= 0.3 is 6.18 Å². The lowest BCUT2D eigenvalue weighted by atomic mass is 10.1. The van der Waals surface area contributed by atoms with E-state index in [4.69, 9.17) is 9.94 Å². The average molecular weight is 366 g/mol. The van der Waals surface area contributed by atoms with E-state index in [1.54, 1.807) is 17.6 Å². The minimum atomic E-state index is -4.37. The zero-order valence-corrected chi connectivity index (χ0v) is 13.9. The molecule has 0 unspecified atom stereocenters. The van der Waals surface area contributed by atoms with Crippen LogP contribution in [-0.4, -0.2) is 23.8 Å². The zero-order chi connectivity index (χ0) is 18.9. The minimum absolute atomic E-state index is 0.0887. The van der Waals surface area contributed by atoms with Crippen LogP contribution in [-0.2, 0) is 12.7 Å². The van der Waals surface area contributed by atoms with Crippen molar-refractivity contribution in [1.82, 2.24) is 5.48 Å². The molecule has 0 aliphatic carbocycles. The van der Waals surface area contributed by atoms with E-state index < -0.39 is 17.6 Å². The number of anilines is 1. The molecule has 0 radical (unpaired) electrons. The number of hydrogen-bond donors (Lipinski definition) is 2. The number of carbonyl (C=O) groups excluding carboxylic acids is 1. The van der Waals surface area contributed by atoms with Gasteiger partial charge in [-0.1, -0.05) is 6.07 Å². The Balaban J connectivity index is 1.89. The van der Waals surface area contributed by atoms with Crippen molar-refractivity contribution < 1.29 is 27.9 Å². The summed E-state index contributed by atoms with van der Waals surface area (Å²) in [7, 11) is 0. The number of amides is 1. The molecule has 5 nitrogen and oxygen atoms in total. The van der Waals surface area contributed by atoms with Gasteiger partial charge in [-0.3, -0.25) is 10.0 Å². The summed E-state index contributed by atoms with van der Waals surface area (Å²) < 4.78 is 44.0. The number of fused-ring (bicyclic) bond motifs is 1. The van der Waals surface area contributed by atoms with Crippen LogP contribution in [0.3, 0.4) is 0 Å². The molecule has 26 heavy (non-hydrogen) atoms. The lowest BCUT2D eigenvalue weighted by molar-refractivity contribution is -0.137. The van der Waals surface area contributed by atoms with Crippen molar-refractivity contribution in [3.8, 4) is 5.75 Å². The molecule has 2 aromatic rings. The largest absolute Gasteiger partial charge is 0.491 e. The van der Waals surface area contributed by atoms with Gasteiger partial charge in [0.15, 0.2) is 0 Å². The maximum absolute atomic E-state index is 12.7. The van der Waals surface area contributed by atoms with Crippen molar-refractivity contribution in [3.05, 3.63) is 59.2 Å². The maximum atomic E-state index is 12.7. The van der Waals surface area contributed by atoms with Crippen molar-refractivity contribution in [2.75, 3.05) is 11.5 Å². The summed E-state index contributed by atoms with van der Waals surface area (Å²) in [5, 5.41) is 8.73. The SMILES string of the molecule is C[C@@H]1COc2cc(C(=O)NO)ccc2CN1c1ccc(C(F)(F)F)cc1. The van der Waals surface area contributed by atoms with Crippen LogP contribution in [0.4, 0.5) is 18.9 Å². The second-order valence-corrected chi connectivity index (χ2v) is 6.10. The van der Waals surface area contributed by atoms with Gasteiger partial charge in [-0.2, -0.15) is 13.2 Å². The van der Waals surface area contributed by atoms with Crippen molar-refractivity contribution in [3.63, 3.8) is 0 Å². The Morgan fingerprint density at radius 3 is 2.54 bits per heavy atom. The third-order valence-electron chi connectivity index (χ3n) is 4.31. The van der Waals surface area contributed by atoms with E-state index in [1.165, 1.54) is 18.2 Å². The van der Waals surface area contributed by atoms with Gasteiger partial charge in [-0.15, -0.1) is 0 Å². The van der Waals surface area contributed by atoms with E-state index >= 15 is 0 Å². The van der Waals surface area contributed by atoms with E-state index in [0.717, 1.165) is 17.7 Å². The summed E-state index contributed by atoms with van der Waals surface area (Å²) in [6.07, 6.45) is -4.37. The smallest absolute Gasteiger partial charge is 0.416 e. The third-order valence-corrected chi connectivity index (χ3v) is 4.31. The Morgan fingerprint density at radius 1 is 1.23 bits per heavy atom. The second-order valence-electron chi connectivity index (χ2n) is 6.10. The molecule has 1 aliphatic heterocycles. The summed E-state index contributed by atoms with van der Waals surface area (Å²) in [6.45, 7) is 2.63. The van der Waals surface area contributed by atoms with Gasteiger partial charge in [0.1, 0.15) is 12.4 Å². The van der Waals surface area contributed by atoms with Gasteiger partial charge in [0.05, 0.1) is 11.6 Å². The Morgan fingerprint density at radius 2 is 1.92 bits per heavy atom. The van der Waals surface area contributed by atoms with Crippen LogP contribution in [0.5, 0.6) is 5.75 Å². The molecule has 0 bridgehead atoms. The normalized spacial score (nSPS) is 17.1. The standard InChI is InChI=1S/C18H17F3N2O3/c1-11-10-26-16-8-12(17(24)22-25)2-3-13(16)9-23(11)15-6-4-14(5-7-15)18(19,20)21/h2-8,11,25H,9-10H2,1H3,(H,22,24)/t11-/m1/s1. The molecule has 2 aromatic carbocycles. The lowest BCUT2D eigenvalue weighted by Gasteiger charge is -2.28. The molecule has 3 rings (SSSR count). The molecular formula is C18H17F3N2O3. The molecular weight excluding hydrogens is 349 g/mol. The van der Waals surface area contributed by atoms with Crippen molar-refractivity contribution in [1.29, 1.82) is 0 Å². The molecule has 0 spiro atoms. The predicted molar refractivity (Wildman–Crippen MR) is 88.3 cm³/mol. The highest BCUT2D eigenvalue weighted by Crippen LogP contribution is 2.33. The Kier molecular flexibility index (Phi) is 4.78. The second kappa shape index (κ2) is 6.87. The van der Waals surface area contributed by atoms with Crippen LogP contribution >= 0.6 is 0 Å². The number of benzene rings is 2. The topological polar surface area (TPSA) is 61.8 Å². The first-order valence-corrected chi connectivity index (χ1v) is 7.93. The van der Waals surface area contributed by atoms with E-state index in [-0.39, 0.29) is 11.6 Å². The first-order valence-electron chi connectivity index (χ1n) is 7.93. The summed E-state index contributed by atoms with van der Waals surface area (Å²) >= 11 is 0. The Bertz CT molecular complexity index is 806. The number of ether oxygens (including phenoxy) is 1. The fraction of sp³-hybridized carbons (Fsp3) is 0.278. The summed E-state index contributed by atoms with van der Waals surface area (Å²) in [4.78, 5) is 13.5. The van der Waals surface area contributed by atoms with Crippen LogP contribution in [0.2, 0.25) is 0 Å². The third kappa shape index (κ3) is 3.60. The van der Waals surface area contributed by atoms with Gasteiger partial charge < -0.3 is 9.64 Å². The number of carbonyl (C=O) groups is 1. The van der Waals surface area contributed by atoms with Gasteiger partial charge in [-0.25, -0.2) is 5.48 Å². The lowest BCUT2D eigenvalue weighted by Crippen LogP contribution is -2.34. The maximum Gasteiger partial charge on any atom is 0.416 e. The quantitative estimate of drug-likeness (QED) is 0.630. The van der Waals surface area contributed by atoms with Crippen LogP contribution in [0.25, 0.3) is 0 Å². The highest BCUT2D eigenvalue weighted by atomic mass is 19.4. The van der Waals surface area contributed by atoms with Crippen LogP contribution in [0, 0.1) is 0 Å². The number of hydroxylamine groups is 1. The summed E-state index contributed by atoms with van der Waals surface area (Å²) in [5.41, 5.74) is 2.57. The number of hydrogen-bond acceptors (Lipinski definition) is 4. The highest BCUT2D eigenvalue weighted by molar-refractivity contribution is 5.93. The monoisotopic (exact) mass is 366 g/mol. The molecule has 0 saturated carbocycles. The van der Waals surface area contributed by atoms with E-state index in [0.29, 0.717) is 24.6 Å². The number of nitrogens with zero attached hydrogens (tertiary/aromatic N) is 1. The molecule has 8 heteroatoms. The molecule has 138 valence electrons. The van der Waals surface area contributed by atoms with E-state index in [2.05, 4.69) is 0 Å². The summed E-state index contributed by atoms with van der Waals surface area (Å²) in [5.74, 6) is -0.138. The van der Waals surface area contributed by atoms with Crippen molar-refractivity contribution in [2.45, 2.75) is 25.7 Å². The minimum Gasteiger partial charge on any atom is -0.491 e. The van der Waals surface area contributed by atoms with Gasteiger partial charge in [0.2, 0.25) is 0 Å². The van der Waals surface area contributed by atoms with Gasteiger partial charge in [0.25, 0.3) is 5.91 Å². The number of rotatable bonds is 2. The average Bonchev–Trinajstić information content (AvgIpc) is 2.79. The molecule has 1 aliphatic rings. The zero-order valence-electron chi connectivity index (χ0n) is 13.9. The summed E-state index contributed by atoms with van der Waals surface area (Å²) in [6, 6.07) is 9.70. The molecule has 1 heterocycles. The first kappa shape index (κ1) is 18.1. The molecule has 0 aromatic heterocycles. The fourth-order valence-corrected chi connectivity index (χ4v) is 2.85. The number of alkyl halides is 3. The molecule has 1 amide bonds. The molecule has 1 atom stereocenters. The molecule has 0 fully saturated rings. The van der Waals surface area contributed by atoms with E-state index in [9.17, 15) is 18.0 Å². The first-order chi connectivity index (χ1) is 12.3. The van der Waals surface area contributed by atoms with Crippen LogP contribution < -0.4 is 15.1 Å². The van der Waals surface area contributed by atoms with E-state index in [1.807, 2.05) is 11.8 Å². The van der Waals surface area contributed by atoms with Crippen molar-refractivity contribution >= 4 is 11.6 Å². The molecule has 0 saturated heterocycles. The fourth-order valence-electron chi connectivity index (χ4n) is 2.85. The van der Waals surface area contributed by atoms with Gasteiger partial charge in [-0.05, 0) is 43.3 Å². The van der Waals surface area contributed by atoms with Gasteiger partial charge in [0, 0.05) is 23.4 Å². The molecule has 2 N–H and O–H groups in total.